The monoisotopic (exact) mass is 419 g/mol. The van der Waals surface area contributed by atoms with Crippen molar-refractivity contribution in [3.63, 3.8) is 0 Å². The van der Waals surface area contributed by atoms with Crippen molar-refractivity contribution in [3.8, 4) is 11.5 Å². The number of rotatable bonds is 5. The maximum atomic E-state index is 12.2. The number of carbonyl (C=O) groups is 1. The van der Waals surface area contributed by atoms with Crippen LogP contribution in [0.15, 0.2) is 66.9 Å². The van der Waals surface area contributed by atoms with Gasteiger partial charge < -0.3 is 14.4 Å². The third-order valence-electron chi connectivity index (χ3n) is 5.15. The highest BCUT2D eigenvalue weighted by molar-refractivity contribution is 5.70. The van der Waals surface area contributed by atoms with Crippen molar-refractivity contribution in [2.24, 2.45) is 0 Å². The SMILES string of the molecule is CC1(C)CN(Cc2ccccn2)c2ccc(OC(=O)Oc3ccc([N+](=O)[O-])cc3)cc21. The summed E-state index contributed by atoms with van der Waals surface area (Å²) in [7, 11) is 0. The molecule has 0 N–H and O–H groups in total. The third kappa shape index (κ3) is 4.48. The number of ether oxygens (including phenoxy) is 2. The van der Waals surface area contributed by atoms with Gasteiger partial charge in [-0.05, 0) is 48.0 Å². The van der Waals surface area contributed by atoms with E-state index < -0.39 is 11.1 Å². The lowest BCUT2D eigenvalue weighted by Gasteiger charge is -2.22. The molecule has 0 saturated carbocycles. The third-order valence-corrected chi connectivity index (χ3v) is 5.15. The molecule has 2 heterocycles. The summed E-state index contributed by atoms with van der Waals surface area (Å²) in [5, 5.41) is 10.7. The minimum absolute atomic E-state index is 0.0863. The van der Waals surface area contributed by atoms with Crippen LogP contribution < -0.4 is 14.4 Å². The van der Waals surface area contributed by atoms with Gasteiger partial charge in [-0.3, -0.25) is 15.1 Å². The summed E-state index contributed by atoms with van der Waals surface area (Å²) >= 11 is 0. The van der Waals surface area contributed by atoms with E-state index in [0.717, 1.165) is 23.5 Å². The maximum Gasteiger partial charge on any atom is 0.519 e. The highest BCUT2D eigenvalue weighted by Crippen LogP contribution is 2.42. The predicted molar refractivity (Wildman–Crippen MR) is 115 cm³/mol. The van der Waals surface area contributed by atoms with Gasteiger partial charge >= 0.3 is 6.16 Å². The van der Waals surface area contributed by atoms with Crippen LogP contribution in [-0.4, -0.2) is 22.6 Å². The van der Waals surface area contributed by atoms with Crippen LogP contribution in [0.25, 0.3) is 0 Å². The Balaban J connectivity index is 1.47. The van der Waals surface area contributed by atoms with E-state index in [1.807, 2.05) is 30.3 Å². The van der Waals surface area contributed by atoms with Crippen molar-refractivity contribution in [2.75, 3.05) is 11.4 Å². The summed E-state index contributed by atoms with van der Waals surface area (Å²) in [6.45, 7) is 5.79. The second-order valence-electron chi connectivity index (χ2n) is 7.95. The van der Waals surface area contributed by atoms with Crippen LogP contribution in [0, 0.1) is 10.1 Å². The van der Waals surface area contributed by atoms with Gasteiger partial charge in [-0.2, -0.15) is 0 Å². The number of carbonyl (C=O) groups excluding carboxylic acids is 1. The number of aromatic nitrogens is 1. The minimum atomic E-state index is -0.907. The first-order valence-corrected chi connectivity index (χ1v) is 9.75. The highest BCUT2D eigenvalue weighted by Gasteiger charge is 2.35. The average molecular weight is 419 g/mol. The van der Waals surface area contributed by atoms with Crippen molar-refractivity contribution < 1.29 is 19.2 Å². The first-order valence-electron chi connectivity index (χ1n) is 9.75. The molecule has 0 bridgehead atoms. The lowest BCUT2D eigenvalue weighted by Crippen LogP contribution is -2.28. The van der Waals surface area contributed by atoms with Crippen LogP contribution in [0.5, 0.6) is 11.5 Å². The summed E-state index contributed by atoms with van der Waals surface area (Å²) in [4.78, 5) is 29.0. The molecule has 1 aromatic heterocycles. The van der Waals surface area contributed by atoms with Gasteiger partial charge in [-0.25, -0.2) is 4.79 Å². The molecule has 158 valence electrons. The minimum Gasteiger partial charge on any atom is -0.395 e. The van der Waals surface area contributed by atoms with Crippen LogP contribution in [0.3, 0.4) is 0 Å². The number of hydrogen-bond donors (Lipinski definition) is 0. The van der Waals surface area contributed by atoms with Crippen LogP contribution in [0.1, 0.15) is 25.1 Å². The lowest BCUT2D eigenvalue weighted by atomic mass is 9.87. The number of fused-ring (bicyclic) bond motifs is 1. The Labute approximate surface area is 179 Å². The first-order chi connectivity index (χ1) is 14.8. The molecule has 8 heteroatoms. The summed E-state index contributed by atoms with van der Waals surface area (Å²) in [5.74, 6) is 0.539. The number of anilines is 1. The quantitative estimate of drug-likeness (QED) is 0.252. The molecule has 0 saturated heterocycles. The molecule has 1 aliphatic heterocycles. The number of hydrogen-bond acceptors (Lipinski definition) is 7. The Kier molecular flexibility index (Phi) is 5.29. The molecular weight excluding hydrogens is 398 g/mol. The van der Waals surface area contributed by atoms with Crippen molar-refractivity contribution in [1.82, 2.24) is 4.98 Å². The van der Waals surface area contributed by atoms with E-state index in [0.29, 0.717) is 12.3 Å². The van der Waals surface area contributed by atoms with Crippen molar-refractivity contribution in [2.45, 2.75) is 25.8 Å². The molecule has 4 rings (SSSR count). The molecule has 0 unspecified atom stereocenters. The largest absolute Gasteiger partial charge is 0.519 e. The first kappa shape index (κ1) is 20.3. The molecule has 2 aromatic carbocycles. The van der Waals surface area contributed by atoms with Gasteiger partial charge in [0.15, 0.2) is 0 Å². The Morgan fingerprint density at radius 3 is 2.48 bits per heavy atom. The zero-order valence-corrected chi connectivity index (χ0v) is 17.1. The molecule has 31 heavy (non-hydrogen) atoms. The van der Waals surface area contributed by atoms with E-state index >= 15 is 0 Å². The van der Waals surface area contributed by atoms with Crippen LogP contribution in [-0.2, 0) is 12.0 Å². The van der Waals surface area contributed by atoms with E-state index in [4.69, 9.17) is 9.47 Å². The average Bonchev–Trinajstić information content (AvgIpc) is 2.98. The number of non-ortho nitro benzene ring substituents is 1. The standard InChI is InChI=1S/C23H21N3O5/c1-23(2)15-25(14-16-5-3-4-12-24-16)21-11-10-19(13-20(21)23)31-22(27)30-18-8-6-17(7-9-18)26(28)29/h3-13H,14-15H2,1-2H3. The molecule has 0 aliphatic carbocycles. The Hall–Kier alpha value is -3.94. The summed E-state index contributed by atoms with van der Waals surface area (Å²) in [6, 6.07) is 16.6. The molecule has 3 aromatic rings. The maximum absolute atomic E-state index is 12.2. The molecular formula is C23H21N3O5. The topological polar surface area (TPSA) is 94.8 Å². The van der Waals surface area contributed by atoms with Gasteiger partial charge in [0.1, 0.15) is 11.5 Å². The predicted octanol–water partition coefficient (Wildman–Crippen LogP) is 4.87. The summed E-state index contributed by atoms with van der Waals surface area (Å²) in [5.41, 5.74) is 2.91. The fourth-order valence-corrected chi connectivity index (χ4v) is 3.72. The van der Waals surface area contributed by atoms with Gasteiger partial charge in [0.05, 0.1) is 17.2 Å². The molecule has 8 nitrogen and oxygen atoms in total. The highest BCUT2D eigenvalue weighted by atomic mass is 16.7. The van der Waals surface area contributed by atoms with Crippen molar-refractivity contribution in [1.29, 1.82) is 0 Å². The fourth-order valence-electron chi connectivity index (χ4n) is 3.72. The number of benzene rings is 2. The van der Waals surface area contributed by atoms with E-state index in [1.165, 1.54) is 24.3 Å². The Morgan fingerprint density at radius 2 is 1.81 bits per heavy atom. The molecule has 0 spiro atoms. The van der Waals surface area contributed by atoms with Gasteiger partial charge in [-0.1, -0.05) is 19.9 Å². The Morgan fingerprint density at radius 1 is 1.10 bits per heavy atom. The normalized spacial score (nSPS) is 14.1. The van der Waals surface area contributed by atoms with E-state index in [1.54, 1.807) is 12.3 Å². The zero-order valence-electron chi connectivity index (χ0n) is 17.1. The Bertz CT molecular complexity index is 1110. The number of nitro groups is 1. The van der Waals surface area contributed by atoms with Gasteiger partial charge in [0.2, 0.25) is 0 Å². The van der Waals surface area contributed by atoms with Crippen LogP contribution in [0.4, 0.5) is 16.2 Å². The van der Waals surface area contributed by atoms with E-state index in [-0.39, 0.29) is 16.9 Å². The molecule has 0 fully saturated rings. The van der Waals surface area contributed by atoms with E-state index in [2.05, 4.69) is 23.7 Å². The van der Waals surface area contributed by atoms with Crippen molar-refractivity contribution in [3.05, 3.63) is 88.2 Å². The van der Waals surface area contributed by atoms with E-state index in [9.17, 15) is 14.9 Å². The van der Waals surface area contributed by atoms with Crippen LogP contribution in [0.2, 0.25) is 0 Å². The number of nitrogens with zero attached hydrogens (tertiary/aromatic N) is 3. The van der Waals surface area contributed by atoms with Crippen molar-refractivity contribution >= 4 is 17.5 Å². The zero-order chi connectivity index (χ0) is 22.0. The molecule has 0 radical (unpaired) electrons. The van der Waals surface area contributed by atoms with Gasteiger partial charge in [-0.15, -0.1) is 0 Å². The number of nitro benzene ring substituents is 1. The van der Waals surface area contributed by atoms with Crippen LogP contribution >= 0.6 is 0 Å². The van der Waals surface area contributed by atoms with Gasteiger partial charge in [0, 0.05) is 36.0 Å². The molecule has 0 atom stereocenters. The lowest BCUT2D eigenvalue weighted by molar-refractivity contribution is -0.384. The number of pyridine rings is 1. The summed E-state index contributed by atoms with van der Waals surface area (Å²) < 4.78 is 10.5. The summed E-state index contributed by atoms with van der Waals surface area (Å²) in [6.07, 6.45) is 0.875. The molecule has 1 aliphatic rings. The molecule has 0 amide bonds. The second-order valence-corrected chi connectivity index (χ2v) is 7.95. The second kappa shape index (κ2) is 8.06. The van der Waals surface area contributed by atoms with Gasteiger partial charge in [0.25, 0.3) is 5.69 Å². The smallest absolute Gasteiger partial charge is 0.395 e. The fraction of sp³-hybridized carbons (Fsp3) is 0.217.